The zero-order valence-corrected chi connectivity index (χ0v) is 8.32. The Kier molecular flexibility index (Phi) is 2.26. The number of rotatable bonds is 3. The van der Waals surface area contributed by atoms with E-state index in [1.165, 1.54) is 5.69 Å². The molecule has 0 aliphatic rings. The molecule has 4 nitrogen and oxygen atoms in total. The maximum atomic E-state index is 4.95. The van der Waals surface area contributed by atoms with Crippen molar-refractivity contribution in [2.24, 2.45) is 7.05 Å². The normalized spacial score (nSPS) is 10.4. The van der Waals surface area contributed by atoms with Gasteiger partial charge in [0, 0.05) is 25.0 Å². The summed E-state index contributed by atoms with van der Waals surface area (Å²) in [5.41, 5.74) is 1.21. The maximum Gasteiger partial charge on any atom is 0.169 e. The van der Waals surface area contributed by atoms with Gasteiger partial charge in [0.05, 0.1) is 6.54 Å². The van der Waals surface area contributed by atoms with Gasteiger partial charge in [-0.2, -0.15) is 0 Å². The zero-order chi connectivity index (χ0) is 9.97. The Morgan fingerprint density at radius 1 is 1.57 bits per heavy atom. The monoisotopic (exact) mass is 191 g/mol. The van der Waals surface area contributed by atoms with Crippen LogP contribution in [0.25, 0.3) is 0 Å². The van der Waals surface area contributed by atoms with Crippen molar-refractivity contribution in [2.45, 2.75) is 13.5 Å². The molecule has 2 rings (SSSR count). The molecule has 0 fully saturated rings. The molecule has 0 amide bonds. The van der Waals surface area contributed by atoms with Gasteiger partial charge in [0.1, 0.15) is 5.76 Å². The number of anilines is 1. The highest BCUT2D eigenvalue weighted by Gasteiger charge is 2.00. The van der Waals surface area contributed by atoms with Crippen LogP contribution in [0, 0.1) is 6.92 Å². The van der Waals surface area contributed by atoms with Gasteiger partial charge in [0.15, 0.2) is 5.82 Å². The summed E-state index contributed by atoms with van der Waals surface area (Å²) in [5, 5.41) is 7.03. The Hall–Kier alpha value is -1.71. The summed E-state index contributed by atoms with van der Waals surface area (Å²) in [5.74, 6) is 1.60. The predicted octanol–water partition coefficient (Wildman–Crippen LogP) is 1.93. The van der Waals surface area contributed by atoms with Crippen molar-refractivity contribution in [1.29, 1.82) is 0 Å². The van der Waals surface area contributed by atoms with E-state index in [4.69, 9.17) is 4.52 Å². The minimum atomic E-state index is 0.759. The number of hydrogen-bond acceptors (Lipinski definition) is 3. The van der Waals surface area contributed by atoms with E-state index in [9.17, 15) is 0 Å². The first-order chi connectivity index (χ1) is 6.75. The molecule has 0 bridgehead atoms. The highest BCUT2D eigenvalue weighted by molar-refractivity contribution is 5.34. The summed E-state index contributed by atoms with van der Waals surface area (Å²) in [6.07, 6.45) is 2.02. The zero-order valence-electron chi connectivity index (χ0n) is 8.32. The van der Waals surface area contributed by atoms with Gasteiger partial charge >= 0.3 is 0 Å². The lowest BCUT2D eigenvalue weighted by Gasteiger charge is -2.03. The number of aromatic nitrogens is 2. The van der Waals surface area contributed by atoms with Crippen molar-refractivity contribution in [3.8, 4) is 0 Å². The van der Waals surface area contributed by atoms with Gasteiger partial charge in [-0.25, -0.2) is 0 Å². The van der Waals surface area contributed by atoms with Crippen LogP contribution in [-0.4, -0.2) is 9.72 Å². The molecule has 0 saturated heterocycles. The molecule has 0 radical (unpaired) electrons. The van der Waals surface area contributed by atoms with E-state index < -0.39 is 0 Å². The standard InChI is InChI=1S/C10H13N3O/c1-8-6-10(12-14-8)11-7-9-4-3-5-13(9)2/h3-6H,7H2,1-2H3,(H,11,12). The third-order valence-corrected chi connectivity index (χ3v) is 2.13. The van der Waals surface area contributed by atoms with Gasteiger partial charge in [-0.05, 0) is 19.1 Å². The minimum absolute atomic E-state index is 0.759. The van der Waals surface area contributed by atoms with Crippen molar-refractivity contribution in [3.05, 3.63) is 35.9 Å². The molecule has 0 atom stereocenters. The second-order valence-corrected chi connectivity index (χ2v) is 3.29. The molecule has 4 heteroatoms. The van der Waals surface area contributed by atoms with Crippen LogP contribution < -0.4 is 5.32 Å². The fourth-order valence-corrected chi connectivity index (χ4v) is 1.31. The fourth-order valence-electron chi connectivity index (χ4n) is 1.31. The van der Waals surface area contributed by atoms with E-state index in [-0.39, 0.29) is 0 Å². The maximum absolute atomic E-state index is 4.95. The van der Waals surface area contributed by atoms with Gasteiger partial charge in [-0.1, -0.05) is 5.16 Å². The van der Waals surface area contributed by atoms with Crippen LogP contribution in [0.4, 0.5) is 5.82 Å². The van der Waals surface area contributed by atoms with Crippen LogP contribution in [0.3, 0.4) is 0 Å². The van der Waals surface area contributed by atoms with Gasteiger partial charge in [0.2, 0.25) is 0 Å². The van der Waals surface area contributed by atoms with Crippen LogP contribution in [0.5, 0.6) is 0 Å². The van der Waals surface area contributed by atoms with Gasteiger partial charge < -0.3 is 14.4 Å². The van der Waals surface area contributed by atoms with Crippen molar-refractivity contribution in [1.82, 2.24) is 9.72 Å². The second-order valence-electron chi connectivity index (χ2n) is 3.29. The molecular formula is C10H13N3O. The number of hydrogen-bond donors (Lipinski definition) is 1. The third-order valence-electron chi connectivity index (χ3n) is 2.13. The summed E-state index contributed by atoms with van der Waals surface area (Å²) >= 11 is 0. The van der Waals surface area contributed by atoms with E-state index in [0.717, 1.165) is 18.1 Å². The average Bonchev–Trinajstić information content (AvgIpc) is 2.72. The van der Waals surface area contributed by atoms with Crippen molar-refractivity contribution < 1.29 is 4.52 Å². The van der Waals surface area contributed by atoms with E-state index in [2.05, 4.69) is 21.1 Å². The van der Waals surface area contributed by atoms with Crippen LogP contribution in [0.2, 0.25) is 0 Å². The quantitative estimate of drug-likeness (QED) is 0.806. The topological polar surface area (TPSA) is 43.0 Å². The number of nitrogens with one attached hydrogen (secondary N) is 1. The molecule has 14 heavy (non-hydrogen) atoms. The third kappa shape index (κ3) is 1.79. The average molecular weight is 191 g/mol. The van der Waals surface area contributed by atoms with Gasteiger partial charge in [-0.3, -0.25) is 0 Å². The molecule has 74 valence electrons. The lowest BCUT2D eigenvalue weighted by Crippen LogP contribution is -2.03. The largest absolute Gasteiger partial charge is 0.362 e. The lowest BCUT2D eigenvalue weighted by molar-refractivity contribution is 0.399. The molecule has 1 N–H and O–H groups in total. The van der Waals surface area contributed by atoms with E-state index in [1.54, 1.807) is 0 Å². The highest BCUT2D eigenvalue weighted by Crippen LogP contribution is 2.09. The van der Waals surface area contributed by atoms with E-state index >= 15 is 0 Å². The summed E-state index contributed by atoms with van der Waals surface area (Å²) < 4.78 is 7.01. The SMILES string of the molecule is Cc1cc(NCc2cccn2C)no1. The molecule has 0 unspecified atom stereocenters. The first-order valence-corrected chi connectivity index (χ1v) is 4.53. The van der Waals surface area contributed by atoms with Gasteiger partial charge in [0.25, 0.3) is 0 Å². The van der Waals surface area contributed by atoms with Crippen LogP contribution in [0.15, 0.2) is 28.9 Å². The van der Waals surface area contributed by atoms with Gasteiger partial charge in [-0.15, -0.1) is 0 Å². The van der Waals surface area contributed by atoms with E-state index in [0.29, 0.717) is 0 Å². The molecule has 0 aliphatic carbocycles. The molecule has 0 spiro atoms. The van der Waals surface area contributed by atoms with Crippen LogP contribution in [-0.2, 0) is 13.6 Å². The summed E-state index contributed by atoms with van der Waals surface area (Å²) in [6.45, 7) is 2.64. The summed E-state index contributed by atoms with van der Waals surface area (Å²) in [7, 11) is 2.02. The van der Waals surface area contributed by atoms with Crippen molar-refractivity contribution >= 4 is 5.82 Å². The minimum Gasteiger partial charge on any atom is -0.362 e. The highest BCUT2D eigenvalue weighted by atomic mass is 16.5. The first kappa shape index (κ1) is 8.87. The molecular weight excluding hydrogens is 178 g/mol. The first-order valence-electron chi connectivity index (χ1n) is 4.53. The van der Waals surface area contributed by atoms with E-state index in [1.807, 2.05) is 32.3 Å². The van der Waals surface area contributed by atoms with Crippen molar-refractivity contribution in [2.75, 3.05) is 5.32 Å². The smallest absolute Gasteiger partial charge is 0.169 e. The summed E-state index contributed by atoms with van der Waals surface area (Å²) in [4.78, 5) is 0. The fraction of sp³-hybridized carbons (Fsp3) is 0.300. The Labute approximate surface area is 82.5 Å². The Bertz CT molecular complexity index is 416. The Morgan fingerprint density at radius 3 is 3.00 bits per heavy atom. The Morgan fingerprint density at radius 2 is 2.43 bits per heavy atom. The number of nitrogens with zero attached hydrogens (tertiary/aromatic N) is 2. The number of aryl methyl sites for hydroxylation is 2. The van der Waals surface area contributed by atoms with Crippen LogP contribution >= 0.6 is 0 Å². The molecule has 0 saturated carbocycles. The van der Waals surface area contributed by atoms with Crippen molar-refractivity contribution in [3.63, 3.8) is 0 Å². The second kappa shape index (κ2) is 3.57. The molecule has 2 heterocycles. The molecule has 0 aliphatic heterocycles. The predicted molar refractivity (Wildman–Crippen MR) is 54.0 cm³/mol. The Balaban J connectivity index is 1.98. The molecule has 0 aromatic carbocycles. The molecule has 2 aromatic rings. The summed E-state index contributed by atoms with van der Waals surface area (Å²) in [6, 6.07) is 5.97. The van der Waals surface area contributed by atoms with Crippen LogP contribution in [0.1, 0.15) is 11.5 Å². The molecule has 2 aromatic heterocycles. The lowest BCUT2D eigenvalue weighted by atomic mass is 10.4.